The van der Waals surface area contributed by atoms with E-state index in [9.17, 15) is 4.79 Å². The van der Waals surface area contributed by atoms with Crippen molar-refractivity contribution in [3.8, 4) is 5.75 Å². The third-order valence-corrected chi connectivity index (χ3v) is 3.41. The van der Waals surface area contributed by atoms with Crippen LogP contribution >= 0.6 is 0 Å². The van der Waals surface area contributed by atoms with Crippen LogP contribution < -0.4 is 10.1 Å². The second-order valence-corrected chi connectivity index (χ2v) is 5.24. The molecular weight excluding hydrogens is 280 g/mol. The third kappa shape index (κ3) is 3.31. The largest absolute Gasteiger partial charge is 0.483 e. The molecule has 5 nitrogen and oxygen atoms in total. The Labute approximate surface area is 128 Å². The van der Waals surface area contributed by atoms with Crippen LogP contribution in [0.5, 0.6) is 5.75 Å². The van der Waals surface area contributed by atoms with Crippen LogP contribution in [0.25, 0.3) is 10.9 Å². The fraction of sp³-hybridized carbons (Fsp3) is 0.235. The molecule has 1 aromatic carbocycles. The maximum absolute atomic E-state index is 12.0. The van der Waals surface area contributed by atoms with E-state index in [0.717, 1.165) is 16.7 Å². The molecule has 1 unspecified atom stereocenters. The van der Waals surface area contributed by atoms with E-state index in [1.54, 1.807) is 6.26 Å². The van der Waals surface area contributed by atoms with Crippen molar-refractivity contribution in [3.05, 3.63) is 54.6 Å². The zero-order valence-corrected chi connectivity index (χ0v) is 12.3. The molecule has 0 aliphatic heterocycles. The van der Waals surface area contributed by atoms with E-state index in [2.05, 4.69) is 10.3 Å². The number of furan rings is 1. The smallest absolute Gasteiger partial charge is 0.258 e. The molecule has 1 atom stereocenters. The minimum atomic E-state index is -0.147. The van der Waals surface area contributed by atoms with Crippen LogP contribution in [0.4, 0.5) is 0 Å². The minimum absolute atomic E-state index is 0.00715. The van der Waals surface area contributed by atoms with E-state index < -0.39 is 0 Å². The van der Waals surface area contributed by atoms with Crippen molar-refractivity contribution >= 4 is 16.8 Å². The Hall–Kier alpha value is -2.69. The van der Waals surface area contributed by atoms with Gasteiger partial charge in [-0.05, 0) is 37.3 Å². The molecule has 2 aromatic heterocycles. The van der Waals surface area contributed by atoms with Gasteiger partial charge in [0.25, 0.3) is 5.91 Å². The fourth-order valence-electron chi connectivity index (χ4n) is 2.42. The van der Waals surface area contributed by atoms with Gasteiger partial charge in [0.05, 0.1) is 6.26 Å². The average Bonchev–Trinajstić information content (AvgIpc) is 3.15. The summed E-state index contributed by atoms with van der Waals surface area (Å²) >= 11 is 0. The first-order valence-corrected chi connectivity index (χ1v) is 7.23. The summed E-state index contributed by atoms with van der Waals surface area (Å²) in [5.74, 6) is 1.41. The van der Waals surface area contributed by atoms with Crippen LogP contribution in [0, 0.1) is 0 Å². The van der Waals surface area contributed by atoms with Gasteiger partial charge in [-0.3, -0.25) is 4.79 Å². The number of ether oxygens (including phenoxy) is 1. The highest BCUT2D eigenvalue weighted by molar-refractivity contribution is 5.86. The van der Waals surface area contributed by atoms with Crippen molar-refractivity contribution in [1.29, 1.82) is 0 Å². The molecular formula is C17H18N2O3. The summed E-state index contributed by atoms with van der Waals surface area (Å²) in [7, 11) is 0. The number of carbonyl (C=O) groups is 1. The van der Waals surface area contributed by atoms with Crippen molar-refractivity contribution in [3.63, 3.8) is 0 Å². The Morgan fingerprint density at radius 2 is 2.23 bits per heavy atom. The Kier molecular flexibility index (Phi) is 4.14. The molecule has 1 amide bonds. The van der Waals surface area contributed by atoms with Crippen LogP contribution in [0.1, 0.15) is 12.7 Å². The first-order valence-electron chi connectivity index (χ1n) is 7.23. The molecule has 2 heterocycles. The highest BCUT2D eigenvalue weighted by atomic mass is 16.5. The van der Waals surface area contributed by atoms with Crippen molar-refractivity contribution in [2.45, 2.75) is 19.4 Å². The predicted octanol–water partition coefficient (Wildman–Crippen LogP) is 2.89. The van der Waals surface area contributed by atoms with Gasteiger partial charge in [0, 0.05) is 29.6 Å². The van der Waals surface area contributed by atoms with E-state index in [4.69, 9.17) is 9.15 Å². The van der Waals surface area contributed by atoms with E-state index in [-0.39, 0.29) is 18.6 Å². The van der Waals surface area contributed by atoms with Gasteiger partial charge in [-0.2, -0.15) is 0 Å². The lowest BCUT2D eigenvalue weighted by Crippen LogP contribution is -2.37. The molecule has 0 spiro atoms. The number of nitrogens with one attached hydrogen (secondary N) is 2. The maximum Gasteiger partial charge on any atom is 0.258 e. The van der Waals surface area contributed by atoms with Gasteiger partial charge in [0.15, 0.2) is 6.61 Å². The van der Waals surface area contributed by atoms with E-state index in [1.807, 2.05) is 49.5 Å². The topological polar surface area (TPSA) is 67.3 Å². The first-order chi connectivity index (χ1) is 10.7. The highest BCUT2D eigenvalue weighted by Gasteiger charge is 2.11. The Morgan fingerprint density at radius 1 is 1.32 bits per heavy atom. The standard InChI is InChI=1S/C17H18N2O3/c1-12(10-13-4-3-9-21-13)19-17(20)11-22-16-6-2-5-15-14(16)7-8-18-15/h2-9,12,18H,10-11H2,1H3,(H,19,20). The average molecular weight is 298 g/mol. The Bertz CT molecular complexity index is 746. The van der Waals surface area contributed by atoms with Gasteiger partial charge < -0.3 is 19.5 Å². The van der Waals surface area contributed by atoms with E-state index >= 15 is 0 Å². The molecule has 114 valence electrons. The molecule has 0 aliphatic rings. The van der Waals surface area contributed by atoms with Crippen molar-refractivity contribution < 1.29 is 13.9 Å². The number of carbonyl (C=O) groups excluding carboxylic acids is 1. The number of hydrogen-bond donors (Lipinski definition) is 2. The zero-order chi connectivity index (χ0) is 15.4. The Balaban J connectivity index is 1.53. The van der Waals surface area contributed by atoms with Gasteiger partial charge in [-0.15, -0.1) is 0 Å². The van der Waals surface area contributed by atoms with E-state index in [0.29, 0.717) is 12.2 Å². The van der Waals surface area contributed by atoms with Gasteiger partial charge in [-0.1, -0.05) is 6.07 Å². The fourth-order valence-corrected chi connectivity index (χ4v) is 2.42. The second-order valence-electron chi connectivity index (χ2n) is 5.24. The second kappa shape index (κ2) is 6.39. The predicted molar refractivity (Wildman–Crippen MR) is 83.8 cm³/mol. The summed E-state index contributed by atoms with van der Waals surface area (Å²) < 4.78 is 10.9. The van der Waals surface area contributed by atoms with Crippen molar-refractivity contribution in [2.75, 3.05) is 6.61 Å². The van der Waals surface area contributed by atoms with Crippen LogP contribution in [0.15, 0.2) is 53.3 Å². The number of aromatic nitrogens is 1. The number of fused-ring (bicyclic) bond motifs is 1. The lowest BCUT2D eigenvalue weighted by Gasteiger charge is -2.13. The number of aromatic amines is 1. The van der Waals surface area contributed by atoms with E-state index in [1.165, 1.54) is 0 Å². The number of amides is 1. The maximum atomic E-state index is 12.0. The normalized spacial score (nSPS) is 12.2. The number of H-pyrrole nitrogens is 1. The molecule has 0 bridgehead atoms. The summed E-state index contributed by atoms with van der Waals surface area (Å²) in [6, 6.07) is 11.4. The van der Waals surface area contributed by atoms with Crippen molar-refractivity contribution in [1.82, 2.24) is 10.3 Å². The zero-order valence-electron chi connectivity index (χ0n) is 12.3. The molecule has 0 radical (unpaired) electrons. The number of rotatable bonds is 6. The molecule has 0 saturated heterocycles. The van der Waals surface area contributed by atoms with Crippen molar-refractivity contribution in [2.24, 2.45) is 0 Å². The SMILES string of the molecule is CC(Cc1ccco1)NC(=O)COc1cccc2[nH]ccc12. The number of benzene rings is 1. The molecule has 0 saturated carbocycles. The summed E-state index contributed by atoms with van der Waals surface area (Å²) in [6.45, 7) is 1.93. The summed E-state index contributed by atoms with van der Waals surface area (Å²) in [4.78, 5) is 15.1. The molecule has 22 heavy (non-hydrogen) atoms. The van der Waals surface area contributed by atoms with Crippen LogP contribution in [0.3, 0.4) is 0 Å². The summed E-state index contributed by atoms with van der Waals surface area (Å²) in [5.41, 5.74) is 0.990. The van der Waals surface area contributed by atoms with Gasteiger partial charge in [-0.25, -0.2) is 0 Å². The van der Waals surface area contributed by atoms with Crippen LogP contribution in [-0.4, -0.2) is 23.5 Å². The molecule has 0 aliphatic carbocycles. The molecule has 5 heteroatoms. The molecule has 3 aromatic rings. The quantitative estimate of drug-likeness (QED) is 0.735. The third-order valence-electron chi connectivity index (χ3n) is 3.41. The molecule has 2 N–H and O–H groups in total. The van der Waals surface area contributed by atoms with Crippen LogP contribution in [-0.2, 0) is 11.2 Å². The Morgan fingerprint density at radius 3 is 3.05 bits per heavy atom. The molecule has 0 fully saturated rings. The lowest BCUT2D eigenvalue weighted by molar-refractivity contribution is -0.123. The molecule has 3 rings (SSSR count). The van der Waals surface area contributed by atoms with Gasteiger partial charge in [0.2, 0.25) is 0 Å². The summed E-state index contributed by atoms with van der Waals surface area (Å²) in [5, 5.41) is 3.87. The van der Waals surface area contributed by atoms with Crippen LogP contribution in [0.2, 0.25) is 0 Å². The first kappa shape index (κ1) is 14.3. The van der Waals surface area contributed by atoms with Gasteiger partial charge >= 0.3 is 0 Å². The summed E-state index contributed by atoms with van der Waals surface area (Å²) in [6.07, 6.45) is 4.14. The van der Waals surface area contributed by atoms with Gasteiger partial charge in [0.1, 0.15) is 11.5 Å². The lowest BCUT2D eigenvalue weighted by atomic mass is 10.2. The monoisotopic (exact) mass is 298 g/mol. The minimum Gasteiger partial charge on any atom is -0.483 e. The highest BCUT2D eigenvalue weighted by Crippen LogP contribution is 2.24. The number of hydrogen-bond acceptors (Lipinski definition) is 3.